The van der Waals surface area contributed by atoms with Crippen molar-refractivity contribution >= 4 is 5.57 Å². The summed E-state index contributed by atoms with van der Waals surface area (Å²) in [4.78, 5) is 0. The predicted molar refractivity (Wildman–Crippen MR) is 68.5 cm³/mol. The Morgan fingerprint density at radius 3 is 2.35 bits per heavy atom. The summed E-state index contributed by atoms with van der Waals surface area (Å²) in [5.74, 6) is 0.601. The zero-order chi connectivity index (χ0) is 11.2. The first-order valence-corrected chi connectivity index (χ1v) is 6.14. The zero-order valence-electron chi connectivity index (χ0n) is 10.2. The van der Waals surface area contributed by atoms with Gasteiger partial charge in [-0.25, -0.2) is 5.56 Å². The monoisotopic (exact) mass is 299 g/mol. The molecule has 1 heteroatoms. The Hall–Kier alpha value is -0.196. The van der Waals surface area contributed by atoms with Gasteiger partial charge in [-0.1, -0.05) is 56.2 Å². The van der Waals surface area contributed by atoms with Crippen LogP contribution in [0.5, 0.6) is 0 Å². The fourth-order valence-corrected chi connectivity index (χ4v) is 2.31. The molecule has 0 nitrogen and oxygen atoms in total. The third-order valence-corrected chi connectivity index (χ3v) is 3.22. The Bertz CT molecular complexity index is 358. The molecular weight excluding hydrogens is 281 g/mol. The van der Waals surface area contributed by atoms with Crippen molar-refractivity contribution in [2.45, 2.75) is 32.1 Å². The number of hydrogen-bond acceptors (Lipinski definition) is 0. The zero-order valence-corrected chi connectivity index (χ0v) is 13.1. The van der Waals surface area contributed by atoms with E-state index >= 15 is 0 Å². The normalized spacial score (nSPS) is 17.3. The van der Waals surface area contributed by atoms with Crippen LogP contribution in [0.4, 0.5) is 0 Å². The van der Waals surface area contributed by atoms with Crippen LogP contribution < -0.4 is 0 Å². The minimum Gasteiger partial charge on any atom is -0.361 e. The van der Waals surface area contributed by atoms with Crippen molar-refractivity contribution in [2.24, 2.45) is 5.92 Å². The molecular formula is C16H18Y-2. The van der Waals surface area contributed by atoms with Gasteiger partial charge in [0.2, 0.25) is 0 Å². The van der Waals surface area contributed by atoms with E-state index in [-0.39, 0.29) is 32.7 Å². The molecule has 1 aromatic rings. The van der Waals surface area contributed by atoms with Crippen molar-refractivity contribution in [1.29, 1.82) is 0 Å². The van der Waals surface area contributed by atoms with Crippen LogP contribution in [0, 0.1) is 18.6 Å². The van der Waals surface area contributed by atoms with Crippen LogP contribution in [0.15, 0.2) is 36.4 Å². The third-order valence-electron chi connectivity index (χ3n) is 3.22. The van der Waals surface area contributed by atoms with Crippen molar-refractivity contribution < 1.29 is 32.7 Å². The van der Waals surface area contributed by atoms with E-state index in [2.05, 4.69) is 18.2 Å². The Balaban J connectivity index is 0.00000144. The van der Waals surface area contributed by atoms with Crippen LogP contribution in [0.2, 0.25) is 0 Å². The van der Waals surface area contributed by atoms with Gasteiger partial charge in [-0.2, -0.15) is 0 Å². The fourth-order valence-electron chi connectivity index (χ4n) is 2.31. The third kappa shape index (κ3) is 4.52. The molecule has 1 aliphatic rings. The van der Waals surface area contributed by atoms with E-state index < -0.39 is 0 Å². The van der Waals surface area contributed by atoms with Gasteiger partial charge in [-0.3, -0.25) is 6.08 Å². The number of rotatable bonds is 3. The van der Waals surface area contributed by atoms with Gasteiger partial charge in [0.15, 0.2) is 0 Å². The van der Waals surface area contributed by atoms with Crippen LogP contribution >= 0.6 is 0 Å². The molecule has 1 saturated carbocycles. The quantitative estimate of drug-likeness (QED) is 0.572. The molecule has 0 heterocycles. The fraction of sp³-hybridized carbons (Fsp3) is 0.375. The molecule has 0 atom stereocenters. The molecule has 1 aliphatic carbocycles. The van der Waals surface area contributed by atoms with Gasteiger partial charge in [-0.15, -0.1) is 12.1 Å². The predicted octanol–water partition coefficient (Wildman–Crippen LogP) is 4.44. The van der Waals surface area contributed by atoms with Gasteiger partial charge in [0, 0.05) is 32.7 Å². The van der Waals surface area contributed by atoms with Crippen molar-refractivity contribution in [3.63, 3.8) is 0 Å². The molecule has 0 unspecified atom stereocenters. The summed E-state index contributed by atoms with van der Waals surface area (Å²) in [6.07, 6.45) is 11.8. The molecule has 0 spiro atoms. The molecule has 0 aliphatic heterocycles. The maximum atomic E-state index is 5.70. The molecule has 87 valence electrons. The second-order valence-electron chi connectivity index (χ2n) is 4.43. The van der Waals surface area contributed by atoms with Crippen molar-refractivity contribution in [3.05, 3.63) is 54.6 Å². The average Bonchev–Trinajstić information content (AvgIpc) is 2.38. The van der Waals surface area contributed by atoms with Gasteiger partial charge < -0.3 is 18.2 Å². The number of hydrogen-bond donors (Lipinski definition) is 0. The van der Waals surface area contributed by atoms with E-state index in [1.807, 2.05) is 18.2 Å². The summed E-state index contributed by atoms with van der Waals surface area (Å²) in [6.45, 7) is 5.70. The van der Waals surface area contributed by atoms with E-state index in [1.165, 1.54) is 37.7 Å². The molecule has 2 rings (SSSR count). The van der Waals surface area contributed by atoms with E-state index in [0.29, 0.717) is 5.92 Å². The maximum absolute atomic E-state index is 5.70. The van der Waals surface area contributed by atoms with E-state index in [9.17, 15) is 0 Å². The summed E-state index contributed by atoms with van der Waals surface area (Å²) >= 11 is 0. The van der Waals surface area contributed by atoms with Crippen LogP contribution in [0.1, 0.15) is 37.7 Å². The first-order valence-electron chi connectivity index (χ1n) is 6.14. The average molecular weight is 299 g/mol. The summed E-state index contributed by atoms with van der Waals surface area (Å²) in [7, 11) is 0. The Kier molecular flexibility index (Phi) is 7.00. The van der Waals surface area contributed by atoms with Crippen LogP contribution in [0.25, 0.3) is 5.57 Å². The van der Waals surface area contributed by atoms with Crippen molar-refractivity contribution in [1.82, 2.24) is 0 Å². The molecule has 0 bridgehead atoms. The molecule has 17 heavy (non-hydrogen) atoms. The van der Waals surface area contributed by atoms with Crippen LogP contribution in [-0.2, 0) is 32.7 Å². The molecule has 1 fully saturated rings. The van der Waals surface area contributed by atoms with E-state index in [4.69, 9.17) is 6.58 Å². The Labute approximate surface area is 130 Å². The summed E-state index contributed by atoms with van der Waals surface area (Å²) in [5, 5.41) is 0. The van der Waals surface area contributed by atoms with Crippen molar-refractivity contribution in [3.8, 4) is 0 Å². The molecule has 1 radical (unpaired) electrons. The first-order chi connectivity index (χ1) is 7.90. The largest absolute Gasteiger partial charge is 0.361 e. The summed E-state index contributed by atoms with van der Waals surface area (Å²) < 4.78 is 0. The van der Waals surface area contributed by atoms with Crippen LogP contribution in [0.3, 0.4) is 0 Å². The SMILES string of the molecule is [CH-]=CC(=[C-]C1CCCCC1)c1ccccc1.[Y]. The molecule has 0 N–H and O–H groups in total. The molecule has 0 aromatic heterocycles. The van der Waals surface area contributed by atoms with Gasteiger partial charge in [0.1, 0.15) is 0 Å². The number of benzene rings is 1. The van der Waals surface area contributed by atoms with Gasteiger partial charge in [0.05, 0.1) is 0 Å². The van der Waals surface area contributed by atoms with Gasteiger partial charge in [0.25, 0.3) is 0 Å². The minimum atomic E-state index is 0. The first kappa shape index (κ1) is 14.9. The smallest absolute Gasteiger partial charge is 0 e. The minimum absolute atomic E-state index is 0. The van der Waals surface area contributed by atoms with E-state index in [1.54, 1.807) is 6.08 Å². The molecule has 0 saturated heterocycles. The Morgan fingerprint density at radius 2 is 1.76 bits per heavy atom. The molecule has 0 amide bonds. The standard InChI is InChI=1S/C16H18.Y/c1-2-15(16-11-7-4-8-12-16)13-14-9-5-3-6-10-14;/h1-2,4,7-8,11-12,14H,3,5-6,9-10H2;/q-2;. The second kappa shape index (κ2) is 8.00. The molecule has 1 aromatic carbocycles. The summed E-state index contributed by atoms with van der Waals surface area (Å²) in [6, 6.07) is 10.3. The van der Waals surface area contributed by atoms with Crippen LogP contribution in [-0.4, -0.2) is 0 Å². The maximum Gasteiger partial charge on any atom is 0 e. The summed E-state index contributed by atoms with van der Waals surface area (Å²) in [5.41, 5.74) is 2.24. The van der Waals surface area contributed by atoms with E-state index in [0.717, 1.165) is 5.57 Å². The van der Waals surface area contributed by atoms with Crippen molar-refractivity contribution in [2.75, 3.05) is 0 Å². The number of allylic oxidation sites excluding steroid dienone is 3. The topological polar surface area (TPSA) is 0 Å². The van der Waals surface area contributed by atoms with Gasteiger partial charge in [-0.05, 0) is 0 Å². The Morgan fingerprint density at radius 1 is 1.12 bits per heavy atom. The van der Waals surface area contributed by atoms with Gasteiger partial charge >= 0.3 is 0 Å². The second-order valence-corrected chi connectivity index (χ2v) is 4.43.